The van der Waals surface area contributed by atoms with E-state index in [0.717, 1.165) is 4.90 Å². The molecule has 94 valence electrons. The van der Waals surface area contributed by atoms with E-state index in [4.69, 9.17) is 5.73 Å². The zero-order valence-corrected chi connectivity index (χ0v) is 12.3. The Balaban J connectivity index is 1.96. The average Bonchev–Trinajstić information content (AvgIpc) is 2.37. The first-order valence-corrected chi connectivity index (χ1v) is 7.28. The Hall–Kier alpha value is -1.59. The highest BCUT2D eigenvalue weighted by Crippen LogP contribution is 2.29. The molecule has 0 radical (unpaired) electrons. The van der Waals surface area contributed by atoms with E-state index >= 15 is 0 Å². The van der Waals surface area contributed by atoms with Gasteiger partial charge in [-0.3, -0.25) is 0 Å². The number of rotatable bonds is 2. The molecular weight excluding hydrogens is 322 g/mol. The lowest BCUT2D eigenvalue weighted by Crippen LogP contribution is -1.94. The van der Waals surface area contributed by atoms with E-state index in [-0.39, 0.29) is 0 Å². The number of benzene rings is 2. The molecule has 5 heteroatoms. The van der Waals surface area contributed by atoms with Crippen LogP contribution in [0.15, 0.2) is 63.2 Å². The van der Waals surface area contributed by atoms with Crippen LogP contribution in [0.3, 0.4) is 0 Å². The van der Waals surface area contributed by atoms with Crippen molar-refractivity contribution in [3.8, 4) is 0 Å². The van der Waals surface area contributed by atoms with Crippen LogP contribution in [0.1, 0.15) is 0 Å². The predicted molar refractivity (Wildman–Crippen MR) is 82.2 cm³/mol. The highest BCUT2D eigenvalue weighted by molar-refractivity contribution is 9.10. The van der Waals surface area contributed by atoms with Crippen molar-refractivity contribution in [2.45, 2.75) is 10.1 Å². The molecule has 0 aliphatic rings. The van der Waals surface area contributed by atoms with Crippen molar-refractivity contribution >= 4 is 44.3 Å². The molecule has 0 aliphatic carbocycles. The fraction of sp³-hybridized carbons (Fsp3) is 0. The summed E-state index contributed by atoms with van der Waals surface area (Å²) in [7, 11) is 0. The molecule has 0 aliphatic heterocycles. The van der Waals surface area contributed by atoms with Gasteiger partial charge in [0.15, 0.2) is 5.16 Å². The molecule has 2 aromatic carbocycles. The minimum atomic E-state index is 0.463. The lowest BCUT2D eigenvalue weighted by atomic mass is 10.1. The fourth-order valence-electron chi connectivity index (χ4n) is 1.80. The highest BCUT2D eigenvalue weighted by atomic mass is 79.9. The second-order valence-corrected chi connectivity index (χ2v) is 5.86. The van der Waals surface area contributed by atoms with Crippen LogP contribution in [0.2, 0.25) is 0 Å². The lowest BCUT2D eigenvalue weighted by molar-refractivity contribution is 0.957. The van der Waals surface area contributed by atoms with Crippen molar-refractivity contribution in [2.24, 2.45) is 0 Å². The quantitative estimate of drug-likeness (QED) is 0.566. The van der Waals surface area contributed by atoms with Crippen LogP contribution >= 0.6 is 27.7 Å². The van der Waals surface area contributed by atoms with Crippen LogP contribution < -0.4 is 5.73 Å². The van der Waals surface area contributed by atoms with Gasteiger partial charge in [0.05, 0.1) is 0 Å². The maximum atomic E-state index is 5.71. The molecule has 19 heavy (non-hydrogen) atoms. The van der Waals surface area contributed by atoms with Crippen molar-refractivity contribution < 1.29 is 0 Å². The molecule has 3 nitrogen and oxygen atoms in total. The SMILES string of the molecule is Nc1cc(Br)nc(Sc2ccc3ccccc3c2)n1. The van der Waals surface area contributed by atoms with E-state index in [9.17, 15) is 0 Å². The molecule has 0 bridgehead atoms. The van der Waals surface area contributed by atoms with E-state index < -0.39 is 0 Å². The summed E-state index contributed by atoms with van der Waals surface area (Å²) in [5.74, 6) is 0.463. The van der Waals surface area contributed by atoms with E-state index in [0.29, 0.717) is 15.6 Å². The Morgan fingerprint density at radius 3 is 2.53 bits per heavy atom. The molecule has 0 saturated heterocycles. The summed E-state index contributed by atoms with van der Waals surface area (Å²) in [6, 6.07) is 16.2. The van der Waals surface area contributed by atoms with E-state index in [2.05, 4.69) is 56.2 Å². The Morgan fingerprint density at radius 1 is 0.947 bits per heavy atom. The number of aromatic nitrogens is 2. The first-order chi connectivity index (χ1) is 9.20. The highest BCUT2D eigenvalue weighted by Gasteiger charge is 2.04. The van der Waals surface area contributed by atoms with Gasteiger partial charge in [-0.1, -0.05) is 30.3 Å². The largest absolute Gasteiger partial charge is 0.384 e. The summed E-state index contributed by atoms with van der Waals surface area (Å²) in [5.41, 5.74) is 5.71. The normalized spacial score (nSPS) is 10.8. The van der Waals surface area contributed by atoms with Crippen LogP contribution in [0.4, 0.5) is 5.82 Å². The molecule has 1 aromatic heterocycles. The minimum absolute atomic E-state index is 0.463. The van der Waals surface area contributed by atoms with Crippen molar-refractivity contribution in [1.82, 2.24) is 9.97 Å². The van der Waals surface area contributed by atoms with Gasteiger partial charge >= 0.3 is 0 Å². The molecule has 0 saturated carbocycles. The van der Waals surface area contributed by atoms with Gasteiger partial charge in [0.2, 0.25) is 0 Å². The van der Waals surface area contributed by atoms with Gasteiger partial charge in [0, 0.05) is 11.0 Å². The Morgan fingerprint density at radius 2 is 1.74 bits per heavy atom. The van der Waals surface area contributed by atoms with Crippen molar-refractivity contribution in [2.75, 3.05) is 5.73 Å². The third kappa shape index (κ3) is 2.88. The topological polar surface area (TPSA) is 51.8 Å². The molecule has 0 unspecified atom stereocenters. The number of fused-ring (bicyclic) bond motifs is 1. The molecule has 0 amide bonds. The third-order valence-corrected chi connectivity index (χ3v) is 3.89. The van der Waals surface area contributed by atoms with E-state index in [1.54, 1.807) is 6.07 Å². The molecule has 0 fully saturated rings. The van der Waals surface area contributed by atoms with Gasteiger partial charge in [-0.05, 0) is 50.6 Å². The Labute approximate surface area is 123 Å². The second kappa shape index (κ2) is 5.19. The second-order valence-electron chi connectivity index (χ2n) is 4.01. The Kier molecular flexibility index (Phi) is 3.40. The number of hydrogen-bond donors (Lipinski definition) is 1. The van der Waals surface area contributed by atoms with Gasteiger partial charge < -0.3 is 5.73 Å². The van der Waals surface area contributed by atoms with Gasteiger partial charge in [0.1, 0.15) is 10.4 Å². The average molecular weight is 332 g/mol. The number of nitrogens with two attached hydrogens (primary N) is 1. The maximum absolute atomic E-state index is 5.71. The molecule has 2 N–H and O–H groups in total. The van der Waals surface area contributed by atoms with Crippen LogP contribution in [-0.2, 0) is 0 Å². The zero-order chi connectivity index (χ0) is 13.2. The molecule has 0 spiro atoms. The van der Waals surface area contributed by atoms with Crippen LogP contribution in [-0.4, -0.2) is 9.97 Å². The van der Waals surface area contributed by atoms with E-state index in [1.165, 1.54) is 22.5 Å². The van der Waals surface area contributed by atoms with Gasteiger partial charge in [-0.2, -0.15) is 0 Å². The standard InChI is InChI=1S/C14H10BrN3S/c15-12-8-13(16)18-14(17-12)19-11-6-5-9-3-1-2-4-10(9)7-11/h1-8H,(H2,16,17,18). The lowest BCUT2D eigenvalue weighted by Gasteiger charge is -2.04. The smallest absolute Gasteiger partial charge is 0.195 e. The summed E-state index contributed by atoms with van der Waals surface area (Å²) in [6.07, 6.45) is 0. The number of anilines is 1. The monoisotopic (exact) mass is 331 g/mol. The van der Waals surface area contributed by atoms with Crippen molar-refractivity contribution in [1.29, 1.82) is 0 Å². The van der Waals surface area contributed by atoms with Gasteiger partial charge in [-0.15, -0.1) is 0 Å². The molecule has 1 heterocycles. The summed E-state index contributed by atoms with van der Waals surface area (Å²) in [4.78, 5) is 9.60. The Bertz CT molecular complexity index is 725. The summed E-state index contributed by atoms with van der Waals surface area (Å²) >= 11 is 4.82. The summed E-state index contributed by atoms with van der Waals surface area (Å²) < 4.78 is 0.697. The van der Waals surface area contributed by atoms with Gasteiger partial charge in [-0.25, -0.2) is 9.97 Å². The van der Waals surface area contributed by atoms with Gasteiger partial charge in [0.25, 0.3) is 0 Å². The minimum Gasteiger partial charge on any atom is -0.384 e. The third-order valence-electron chi connectivity index (χ3n) is 2.62. The predicted octanol–water partition coefficient (Wildman–Crippen LogP) is 4.13. The fourth-order valence-corrected chi connectivity index (χ4v) is 3.14. The molecule has 3 aromatic rings. The first kappa shape index (κ1) is 12.4. The number of nitrogen functional groups attached to an aromatic ring is 1. The van der Waals surface area contributed by atoms with Crippen molar-refractivity contribution in [3.05, 3.63) is 53.1 Å². The summed E-state index contributed by atoms with van der Waals surface area (Å²) in [5, 5.41) is 3.07. The number of halogens is 1. The van der Waals surface area contributed by atoms with E-state index in [1.807, 2.05) is 12.1 Å². The molecule has 3 rings (SSSR count). The van der Waals surface area contributed by atoms with Crippen LogP contribution in [0, 0.1) is 0 Å². The van der Waals surface area contributed by atoms with Crippen LogP contribution in [0.5, 0.6) is 0 Å². The summed E-state index contributed by atoms with van der Waals surface area (Å²) in [6.45, 7) is 0. The number of nitrogens with zero attached hydrogens (tertiary/aromatic N) is 2. The number of hydrogen-bond acceptors (Lipinski definition) is 4. The molecular formula is C14H10BrN3S. The first-order valence-electron chi connectivity index (χ1n) is 5.67. The van der Waals surface area contributed by atoms with Crippen molar-refractivity contribution in [3.63, 3.8) is 0 Å². The molecule has 0 atom stereocenters. The maximum Gasteiger partial charge on any atom is 0.195 e. The van der Waals surface area contributed by atoms with Crippen LogP contribution in [0.25, 0.3) is 10.8 Å². The zero-order valence-electron chi connectivity index (χ0n) is 9.88.